The van der Waals surface area contributed by atoms with Crippen LogP contribution in [0.4, 0.5) is 8.78 Å². The second kappa shape index (κ2) is 6.07. The molecule has 0 fully saturated rings. The van der Waals surface area contributed by atoms with Gasteiger partial charge in [-0.2, -0.15) is 4.31 Å². The number of halogens is 3. The number of hydrogen-bond donors (Lipinski definition) is 0. The summed E-state index contributed by atoms with van der Waals surface area (Å²) in [6.45, 7) is 1.87. The standard InChI is InChI=1S/C12H11BrF2N2O2S2/c1-7-16-5-9(20-7)6-17(2)21(18,19)12-10(13)3-8(14)4-11(12)15/h3-5H,6H2,1-2H3. The number of thiazole rings is 1. The zero-order valence-electron chi connectivity index (χ0n) is 11.1. The van der Waals surface area contributed by atoms with Gasteiger partial charge in [-0.1, -0.05) is 0 Å². The molecule has 1 heterocycles. The zero-order chi connectivity index (χ0) is 15.8. The van der Waals surface area contributed by atoms with Crippen LogP contribution < -0.4 is 0 Å². The SMILES string of the molecule is Cc1ncc(CN(C)S(=O)(=O)c2c(F)cc(F)cc2Br)s1. The molecule has 0 saturated carbocycles. The Labute approximate surface area is 133 Å². The number of aryl methyl sites for hydroxylation is 1. The van der Waals surface area contributed by atoms with Crippen molar-refractivity contribution in [1.82, 2.24) is 9.29 Å². The molecule has 1 aromatic carbocycles. The van der Waals surface area contributed by atoms with Crippen molar-refractivity contribution in [2.24, 2.45) is 0 Å². The van der Waals surface area contributed by atoms with Gasteiger partial charge in [0.05, 0.1) is 5.01 Å². The molecule has 0 saturated heterocycles. The van der Waals surface area contributed by atoms with Crippen molar-refractivity contribution in [2.75, 3.05) is 7.05 Å². The molecule has 0 aliphatic heterocycles. The molecule has 0 atom stereocenters. The molecule has 0 bridgehead atoms. The third-order valence-electron chi connectivity index (χ3n) is 2.68. The molecular weight excluding hydrogens is 386 g/mol. The quantitative estimate of drug-likeness (QED) is 0.796. The van der Waals surface area contributed by atoms with Gasteiger partial charge in [-0.05, 0) is 28.9 Å². The largest absolute Gasteiger partial charge is 0.250 e. The molecule has 0 aliphatic carbocycles. The summed E-state index contributed by atoms with van der Waals surface area (Å²) in [6.07, 6.45) is 1.57. The smallest absolute Gasteiger partial charge is 0.247 e. The lowest BCUT2D eigenvalue weighted by molar-refractivity contribution is 0.460. The highest BCUT2D eigenvalue weighted by atomic mass is 79.9. The van der Waals surface area contributed by atoms with Crippen LogP contribution in [0.5, 0.6) is 0 Å². The molecule has 2 rings (SSSR count). The molecule has 2 aromatic rings. The molecule has 114 valence electrons. The Balaban J connectivity index is 2.38. The molecule has 0 spiro atoms. The van der Waals surface area contributed by atoms with Crippen LogP contribution in [0.25, 0.3) is 0 Å². The van der Waals surface area contributed by atoms with Crippen molar-refractivity contribution in [3.8, 4) is 0 Å². The van der Waals surface area contributed by atoms with E-state index in [9.17, 15) is 17.2 Å². The third kappa shape index (κ3) is 3.47. The normalized spacial score (nSPS) is 12.1. The van der Waals surface area contributed by atoms with Gasteiger partial charge in [0, 0.05) is 35.2 Å². The summed E-state index contributed by atoms with van der Waals surface area (Å²) in [5, 5.41) is 0.810. The number of aromatic nitrogens is 1. The maximum Gasteiger partial charge on any atom is 0.247 e. The van der Waals surface area contributed by atoms with Gasteiger partial charge in [0.15, 0.2) is 0 Å². The van der Waals surface area contributed by atoms with Crippen molar-refractivity contribution in [1.29, 1.82) is 0 Å². The molecule has 0 N–H and O–H groups in total. The predicted molar refractivity (Wildman–Crippen MR) is 79.6 cm³/mol. The lowest BCUT2D eigenvalue weighted by Gasteiger charge is -2.17. The Morgan fingerprint density at radius 1 is 1.38 bits per heavy atom. The molecule has 1 aromatic heterocycles. The summed E-state index contributed by atoms with van der Waals surface area (Å²) in [6, 6.07) is 1.46. The van der Waals surface area contributed by atoms with E-state index in [4.69, 9.17) is 0 Å². The van der Waals surface area contributed by atoms with E-state index >= 15 is 0 Å². The number of nitrogens with zero attached hydrogens (tertiary/aromatic N) is 2. The van der Waals surface area contributed by atoms with Crippen LogP contribution in [0.1, 0.15) is 9.88 Å². The number of benzene rings is 1. The first-order valence-electron chi connectivity index (χ1n) is 5.74. The first-order valence-corrected chi connectivity index (χ1v) is 8.79. The van der Waals surface area contributed by atoms with Crippen molar-refractivity contribution < 1.29 is 17.2 Å². The number of rotatable bonds is 4. The maximum absolute atomic E-state index is 13.8. The lowest BCUT2D eigenvalue weighted by atomic mass is 10.3. The minimum atomic E-state index is -4.08. The minimum Gasteiger partial charge on any atom is -0.250 e. The molecule has 0 radical (unpaired) electrons. The molecule has 21 heavy (non-hydrogen) atoms. The van der Waals surface area contributed by atoms with Crippen LogP contribution in [0.3, 0.4) is 0 Å². The van der Waals surface area contributed by atoms with Crippen LogP contribution in [-0.4, -0.2) is 24.8 Å². The lowest BCUT2D eigenvalue weighted by Crippen LogP contribution is -2.27. The van der Waals surface area contributed by atoms with Gasteiger partial charge in [-0.25, -0.2) is 22.2 Å². The summed E-state index contributed by atoms with van der Waals surface area (Å²) in [7, 11) is -2.75. The fourth-order valence-corrected chi connectivity index (χ4v) is 4.90. The van der Waals surface area contributed by atoms with E-state index in [2.05, 4.69) is 20.9 Å². The van der Waals surface area contributed by atoms with Gasteiger partial charge < -0.3 is 0 Å². The highest BCUT2D eigenvalue weighted by Crippen LogP contribution is 2.29. The van der Waals surface area contributed by atoms with Crippen molar-refractivity contribution in [2.45, 2.75) is 18.4 Å². The van der Waals surface area contributed by atoms with E-state index in [1.54, 1.807) is 13.1 Å². The average molecular weight is 397 g/mol. The van der Waals surface area contributed by atoms with E-state index in [0.717, 1.165) is 20.3 Å². The van der Waals surface area contributed by atoms with E-state index in [1.807, 2.05) is 0 Å². The third-order valence-corrected chi connectivity index (χ3v) is 6.34. The average Bonchev–Trinajstić information content (AvgIpc) is 2.72. The molecule has 0 amide bonds. The maximum atomic E-state index is 13.8. The molecule has 0 unspecified atom stereocenters. The van der Waals surface area contributed by atoms with E-state index in [-0.39, 0.29) is 11.0 Å². The van der Waals surface area contributed by atoms with E-state index < -0.39 is 26.6 Å². The summed E-state index contributed by atoms with van der Waals surface area (Å²) in [5.41, 5.74) is 0. The van der Waals surface area contributed by atoms with Gasteiger partial charge in [-0.15, -0.1) is 11.3 Å². The monoisotopic (exact) mass is 396 g/mol. The molecular formula is C12H11BrF2N2O2S2. The summed E-state index contributed by atoms with van der Waals surface area (Å²) in [4.78, 5) is 4.19. The van der Waals surface area contributed by atoms with Crippen LogP contribution >= 0.6 is 27.3 Å². The fraction of sp³-hybridized carbons (Fsp3) is 0.250. The highest BCUT2D eigenvalue weighted by molar-refractivity contribution is 9.10. The van der Waals surface area contributed by atoms with Gasteiger partial charge >= 0.3 is 0 Å². The Kier molecular flexibility index (Phi) is 4.76. The Morgan fingerprint density at radius 2 is 2.05 bits per heavy atom. The second-order valence-electron chi connectivity index (χ2n) is 4.31. The first-order chi connectivity index (χ1) is 9.71. The Hall–Kier alpha value is -0.900. The fourth-order valence-electron chi connectivity index (χ4n) is 1.71. The molecule has 4 nitrogen and oxygen atoms in total. The van der Waals surface area contributed by atoms with E-state index in [1.165, 1.54) is 18.4 Å². The Bertz CT molecular complexity index is 754. The summed E-state index contributed by atoms with van der Waals surface area (Å²) < 4.78 is 52.6. The molecule has 0 aliphatic rings. The van der Waals surface area contributed by atoms with Crippen molar-refractivity contribution in [3.63, 3.8) is 0 Å². The van der Waals surface area contributed by atoms with Crippen LogP contribution in [0.15, 0.2) is 27.7 Å². The first kappa shape index (κ1) is 16.5. The topological polar surface area (TPSA) is 50.3 Å². The van der Waals surface area contributed by atoms with Crippen molar-refractivity contribution in [3.05, 3.63) is 44.3 Å². The van der Waals surface area contributed by atoms with Gasteiger partial charge in [0.1, 0.15) is 16.5 Å². The van der Waals surface area contributed by atoms with Crippen LogP contribution in [0.2, 0.25) is 0 Å². The summed E-state index contributed by atoms with van der Waals surface area (Å²) in [5.74, 6) is -1.98. The minimum absolute atomic E-state index is 0.0666. The highest BCUT2D eigenvalue weighted by Gasteiger charge is 2.28. The number of sulfonamides is 1. The van der Waals surface area contributed by atoms with Crippen LogP contribution in [-0.2, 0) is 16.6 Å². The second-order valence-corrected chi connectivity index (χ2v) is 8.46. The van der Waals surface area contributed by atoms with Gasteiger partial charge in [0.2, 0.25) is 10.0 Å². The molecule has 9 heteroatoms. The Morgan fingerprint density at radius 3 is 2.57 bits per heavy atom. The zero-order valence-corrected chi connectivity index (χ0v) is 14.3. The van der Waals surface area contributed by atoms with Crippen LogP contribution in [0, 0.1) is 18.6 Å². The number of hydrogen-bond acceptors (Lipinski definition) is 4. The predicted octanol–water partition coefficient (Wildman–Crippen LogP) is 3.31. The van der Waals surface area contributed by atoms with E-state index in [0.29, 0.717) is 6.07 Å². The van der Waals surface area contributed by atoms with Gasteiger partial charge in [0.25, 0.3) is 0 Å². The van der Waals surface area contributed by atoms with Gasteiger partial charge in [-0.3, -0.25) is 0 Å². The summed E-state index contributed by atoms with van der Waals surface area (Å²) >= 11 is 4.25. The van der Waals surface area contributed by atoms with Crippen molar-refractivity contribution >= 4 is 37.3 Å².